The van der Waals surface area contributed by atoms with E-state index in [9.17, 15) is 0 Å². The van der Waals surface area contributed by atoms with Crippen LogP contribution in [0, 0.1) is 6.92 Å². The number of methoxy groups -OCH3 is 1. The van der Waals surface area contributed by atoms with Crippen molar-refractivity contribution in [2.45, 2.75) is 38.3 Å². The molecule has 19 heavy (non-hydrogen) atoms. The molecule has 2 N–H and O–H groups in total. The van der Waals surface area contributed by atoms with E-state index in [1.165, 1.54) is 24.0 Å². The van der Waals surface area contributed by atoms with Crippen molar-refractivity contribution in [2.75, 3.05) is 26.8 Å². The van der Waals surface area contributed by atoms with E-state index in [0.717, 1.165) is 26.1 Å². The van der Waals surface area contributed by atoms with Gasteiger partial charge in [-0.15, -0.1) is 0 Å². The van der Waals surface area contributed by atoms with Crippen molar-refractivity contribution in [1.29, 1.82) is 0 Å². The van der Waals surface area contributed by atoms with Gasteiger partial charge in [0, 0.05) is 25.7 Å². The Balaban J connectivity index is 2.20. The van der Waals surface area contributed by atoms with Crippen LogP contribution in [0.15, 0.2) is 24.3 Å². The van der Waals surface area contributed by atoms with Crippen molar-refractivity contribution in [2.24, 2.45) is 5.73 Å². The van der Waals surface area contributed by atoms with Crippen LogP contribution in [0.1, 0.15) is 36.4 Å². The van der Waals surface area contributed by atoms with Crippen molar-refractivity contribution >= 4 is 0 Å². The summed E-state index contributed by atoms with van der Waals surface area (Å²) in [5, 5.41) is 0. The number of hydrogen-bond donors (Lipinski definition) is 1. The highest BCUT2D eigenvalue weighted by Gasteiger charge is 2.28. The predicted octanol–water partition coefficient (Wildman–Crippen LogP) is 2.50. The largest absolute Gasteiger partial charge is 0.383 e. The van der Waals surface area contributed by atoms with Gasteiger partial charge in [0.1, 0.15) is 0 Å². The molecule has 2 rings (SSSR count). The van der Waals surface area contributed by atoms with E-state index in [1.54, 1.807) is 7.11 Å². The zero-order valence-corrected chi connectivity index (χ0v) is 12.1. The van der Waals surface area contributed by atoms with E-state index in [-0.39, 0.29) is 6.04 Å². The van der Waals surface area contributed by atoms with Crippen LogP contribution >= 0.6 is 0 Å². The van der Waals surface area contributed by atoms with Gasteiger partial charge in [-0.3, -0.25) is 4.90 Å². The molecule has 3 nitrogen and oxygen atoms in total. The summed E-state index contributed by atoms with van der Waals surface area (Å²) in [6, 6.07) is 9.37. The molecule has 1 aromatic rings. The number of nitrogens with zero attached hydrogens (tertiary/aromatic N) is 1. The molecule has 1 heterocycles. The van der Waals surface area contributed by atoms with Gasteiger partial charge in [0.25, 0.3) is 0 Å². The molecule has 106 valence electrons. The van der Waals surface area contributed by atoms with E-state index in [2.05, 4.69) is 36.1 Å². The van der Waals surface area contributed by atoms with Crippen LogP contribution < -0.4 is 5.73 Å². The molecule has 1 aliphatic rings. The van der Waals surface area contributed by atoms with Gasteiger partial charge in [-0.05, 0) is 31.9 Å². The van der Waals surface area contributed by atoms with E-state index in [0.29, 0.717) is 6.04 Å². The molecule has 1 aliphatic heterocycles. The summed E-state index contributed by atoms with van der Waals surface area (Å²) in [5.74, 6) is 0. The Labute approximate surface area is 116 Å². The molecule has 0 radical (unpaired) electrons. The minimum Gasteiger partial charge on any atom is -0.383 e. The van der Waals surface area contributed by atoms with Gasteiger partial charge >= 0.3 is 0 Å². The maximum Gasteiger partial charge on any atom is 0.0589 e. The normalized spacial score (nSPS) is 25.2. The molecule has 0 saturated carbocycles. The molecular formula is C16H26N2O. The monoisotopic (exact) mass is 262 g/mol. The quantitative estimate of drug-likeness (QED) is 0.906. The molecule has 3 heteroatoms. The number of aryl methyl sites for hydroxylation is 1. The summed E-state index contributed by atoms with van der Waals surface area (Å²) in [7, 11) is 1.76. The molecule has 1 saturated heterocycles. The minimum atomic E-state index is 0.224. The second-order valence-electron chi connectivity index (χ2n) is 5.54. The number of benzene rings is 1. The number of ether oxygens (including phenoxy) is 1. The van der Waals surface area contributed by atoms with Crippen LogP contribution in [0.25, 0.3) is 0 Å². The molecule has 0 aliphatic carbocycles. The summed E-state index contributed by atoms with van der Waals surface area (Å²) in [6.45, 7) is 4.98. The summed E-state index contributed by atoms with van der Waals surface area (Å²) in [6.07, 6.45) is 3.58. The van der Waals surface area contributed by atoms with E-state index in [4.69, 9.17) is 10.5 Å². The first kappa shape index (κ1) is 14.5. The number of likely N-dealkylation sites (tertiary alicyclic amines) is 1. The Morgan fingerprint density at radius 3 is 2.68 bits per heavy atom. The van der Waals surface area contributed by atoms with Crippen molar-refractivity contribution in [3.05, 3.63) is 35.4 Å². The average Bonchev–Trinajstić information content (AvgIpc) is 2.59. The third-order valence-electron chi connectivity index (χ3n) is 4.03. The first-order valence-electron chi connectivity index (χ1n) is 7.27. The Morgan fingerprint density at radius 1 is 1.26 bits per heavy atom. The van der Waals surface area contributed by atoms with Crippen molar-refractivity contribution < 1.29 is 4.74 Å². The zero-order valence-electron chi connectivity index (χ0n) is 12.1. The van der Waals surface area contributed by atoms with Crippen LogP contribution in [0.5, 0.6) is 0 Å². The van der Waals surface area contributed by atoms with Gasteiger partial charge in [0.15, 0.2) is 0 Å². The molecule has 2 atom stereocenters. The molecule has 0 bridgehead atoms. The van der Waals surface area contributed by atoms with Gasteiger partial charge in [0.05, 0.1) is 6.61 Å². The van der Waals surface area contributed by atoms with Gasteiger partial charge in [0.2, 0.25) is 0 Å². The lowest BCUT2D eigenvalue weighted by Gasteiger charge is -2.33. The molecule has 0 spiro atoms. The minimum absolute atomic E-state index is 0.224. The fraction of sp³-hybridized carbons (Fsp3) is 0.625. The molecular weight excluding hydrogens is 236 g/mol. The summed E-state index contributed by atoms with van der Waals surface area (Å²) in [4.78, 5) is 2.49. The van der Waals surface area contributed by atoms with Crippen LogP contribution in [-0.4, -0.2) is 37.7 Å². The van der Waals surface area contributed by atoms with Crippen molar-refractivity contribution in [3.63, 3.8) is 0 Å². The highest BCUT2D eigenvalue weighted by atomic mass is 16.5. The Bertz CT molecular complexity index is 377. The smallest absolute Gasteiger partial charge is 0.0589 e. The second-order valence-corrected chi connectivity index (χ2v) is 5.54. The maximum absolute atomic E-state index is 6.43. The highest BCUT2D eigenvalue weighted by Crippen LogP contribution is 2.29. The predicted molar refractivity (Wildman–Crippen MR) is 79.2 cm³/mol. The summed E-state index contributed by atoms with van der Waals surface area (Å²) >= 11 is 0. The zero-order chi connectivity index (χ0) is 13.7. The fourth-order valence-corrected chi connectivity index (χ4v) is 2.94. The van der Waals surface area contributed by atoms with Crippen LogP contribution in [0.4, 0.5) is 0 Å². The highest BCUT2D eigenvalue weighted by molar-refractivity contribution is 5.25. The van der Waals surface area contributed by atoms with Crippen LogP contribution in [0.3, 0.4) is 0 Å². The first-order valence-corrected chi connectivity index (χ1v) is 7.27. The Kier molecular flexibility index (Phi) is 5.37. The standard InChI is InChI=1S/C16H26N2O/c1-13-6-8-14(9-7-13)16-15(17)5-3-4-10-18(16)11-12-19-2/h6-9,15-16H,3-5,10-12,17H2,1-2H3. The lowest BCUT2D eigenvalue weighted by Crippen LogP contribution is -2.41. The number of nitrogens with two attached hydrogens (primary N) is 1. The van der Waals surface area contributed by atoms with Crippen LogP contribution in [0.2, 0.25) is 0 Å². The number of rotatable bonds is 4. The van der Waals surface area contributed by atoms with Crippen molar-refractivity contribution in [3.8, 4) is 0 Å². The van der Waals surface area contributed by atoms with Gasteiger partial charge in [-0.2, -0.15) is 0 Å². The van der Waals surface area contributed by atoms with E-state index < -0.39 is 0 Å². The molecule has 2 unspecified atom stereocenters. The first-order chi connectivity index (χ1) is 9.22. The maximum atomic E-state index is 6.43. The Hall–Kier alpha value is -0.900. The van der Waals surface area contributed by atoms with Gasteiger partial charge in [-0.25, -0.2) is 0 Å². The average molecular weight is 262 g/mol. The SMILES string of the molecule is COCCN1CCCCC(N)C1c1ccc(C)cc1. The third-order valence-corrected chi connectivity index (χ3v) is 4.03. The summed E-state index contributed by atoms with van der Waals surface area (Å²) < 4.78 is 5.24. The number of hydrogen-bond acceptors (Lipinski definition) is 3. The topological polar surface area (TPSA) is 38.5 Å². The lowest BCUT2D eigenvalue weighted by atomic mass is 9.95. The van der Waals surface area contributed by atoms with Crippen molar-refractivity contribution in [1.82, 2.24) is 4.90 Å². The Morgan fingerprint density at radius 2 is 2.00 bits per heavy atom. The van der Waals surface area contributed by atoms with Crippen LogP contribution in [-0.2, 0) is 4.74 Å². The third kappa shape index (κ3) is 3.78. The van der Waals surface area contributed by atoms with Gasteiger partial charge in [-0.1, -0.05) is 36.2 Å². The summed E-state index contributed by atoms with van der Waals surface area (Å²) in [5.41, 5.74) is 9.07. The molecule has 0 aromatic heterocycles. The second kappa shape index (κ2) is 7.04. The lowest BCUT2D eigenvalue weighted by molar-refractivity contribution is 0.115. The molecule has 1 fully saturated rings. The molecule has 0 amide bonds. The fourth-order valence-electron chi connectivity index (χ4n) is 2.94. The van der Waals surface area contributed by atoms with Gasteiger partial charge < -0.3 is 10.5 Å². The molecule has 1 aromatic carbocycles. The van der Waals surface area contributed by atoms with E-state index >= 15 is 0 Å². The van der Waals surface area contributed by atoms with E-state index in [1.807, 2.05) is 0 Å².